The number of hydrogen-bond donors (Lipinski definition) is 1. The summed E-state index contributed by atoms with van der Waals surface area (Å²) in [4.78, 5) is 0. The Morgan fingerprint density at radius 2 is 2.17 bits per heavy atom. The summed E-state index contributed by atoms with van der Waals surface area (Å²) >= 11 is 0. The third-order valence-electron chi connectivity index (χ3n) is 2.31. The van der Waals surface area contributed by atoms with Crippen molar-refractivity contribution in [3.63, 3.8) is 0 Å². The van der Waals surface area contributed by atoms with Crippen molar-refractivity contribution in [2.24, 2.45) is 0 Å². The number of aliphatic hydroxyl groups excluding tert-OH is 1. The van der Waals surface area contributed by atoms with E-state index in [0.29, 0.717) is 5.82 Å². The van der Waals surface area contributed by atoms with Gasteiger partial charge < -0.3 is 9.84 Å². The molecule has 0 fully saturated rings. The summed E-state index contributed by atoms with van der Waals surface area (Å²) in [5.74, 6) is 1.24. The summed E-state index contributed by atoms with van der Waals surface area (Å²) in [5, 5.41) is 20.8. The zero-order chi connectivity index (χ0) is 12.8. The lowest BCUT2D eigenvalue weighted by atomic mass is 10.3. The molecule has 0 aliphatic rings. The second kappa shape index (κ2) is 5.92. The second-order valence-corrected chi connectivity index (χ2v) is 3.70. The zero-order valence-electron chi connectivity index (χ0n) is 9.81. The van der Waals surface area contributed by atoms with E-state index < -0.39 is 6.10 Å². The number of benzene rings is 1. The summed E-state index contributed by atoms with van der Waals surface area (Å²) < 4.78 is 6.91. The minimum Gasteiger partial charge on any atom is -0.491 e. The van der Waals surface area contributed by atoms with Crippen molar-refractivity contribution >= 4 is 6.08 Å². The molecule has 18 heavy (non-hydrogen) atoms. The van der Waals surface area contributed by atoms with Gasteiger partial charge in [0.2, 0.25) is 0 Å². The van der Waals surface area contributed by atoms with Gasteiger partial charge in [-0.3, -0.25) is 0 Å². The standard InChI is InChI=1S/C12H14N4O2/c1-2-12-13-14-15-16(12)8-10(17)9-18-11-6-4-3-5-7-11/h2-7,10,17H,1,8-9H2/t10-/m1/s1. The van der Waals surface area contributed by atoms with Crippen molar-refractivity contribution in [3.8, 4) is 5.75 Å². The van der Waals surface area contributed by atoms with Gasteiger partial charge in [-0.15, -0.1) is 5.10 Å². The van der Waals surface area contributed by atoms with Gasteiger partial charge in [0.05, 0.1) is 6.54 Å². The molecule has 2 rings (SSSR count). The van der Waals surface area contributed by atoms with Crippen LogP contribution in [0, 0.1) is 0 Å². The lowest BCUT2D eigenvalue weighted by Crippen LogP contribution is -2.24. The highest BCUT2D eigenvalue weighted by Crippen LogP contribution is 2.09. The van der Waals surface area contributed by atoms with Gasteiger partial charge in [-0.2, -0.15) is 0 Å². The van der Waals surface area contributed by atoms with Gasteiger partial charge in [0.1, 0.15) is 18.5 Å². The smallest absolute Gasteiger partial charge is 0.174 e. The normalized spacial score (nSPS) is 12.1. The molecule has 2 aromatic rings. The first-order chi connectivity index (χ1) is 8.79. The maximum atomic E-state index is 9.83. The SMILES string of the molecule is C=Cc1nnnn1C[C@@H](O)COc1ccccc1. The Hall–Kier alpha value is -2.21. The average Bonchev–Trinajstić information content (AvgIpc) is 2.85. The summed E-state index contributed by atoms with van der Waals surface area (Å²) in [6, 6.07) is 9.32. The summed E-state index contributed by atoms with van der Waals surface area (Å²) in [6.45, 7) is 4.03. The molecule has 1 atom stereocenters. The van der Waals surface area contributed by atoms with Gasteiger partial charge in [0.15, 0.2) is 5.82 Å². The van der Waals surface area contributed by atoms with Crippen LogP contribution in [0.3, 0.4) is 0 Å². The topological polar surface area (TPSA) is 73.1 Å². The number of tetrazole rings is 1. The Morgan fingerprint density at radius 1 is 1.39 bits per heavy atom. The minimum atomic E-state index is -0.688. The lowest BCUT2D eigenvalue weighted by Gasteiger charge is -2.12. The largest absolute Gasteiger partial charge is 0.491 e. The molecule has 1 heterocycles. The third-order valence-corrected chi connectivity index (χ3v) is 2.31. The van der Waals surface area contributed by atoms with Crippen LogP contribution >= 0.6 is 0 Å². The van der Waals surface area contributed by atoms with E-state index in [1.165, 1.54) is 10.8 Å². The fraction of sp³-hybridized carbons (Fsp3) is 0.250. The number of ether oxygens (including phenoxy) is 1. The highest BCUT2D eigenvalue weighted by molar-refractivity contribution is 5.34. The molecule has 0 aliphatic heterocycles. The van der Waals surface area contributed by atoms with Crippen LogP contribution in [0.1, 0.15) is 5.82 Å². The van der Waals surface area contributed by atoms with Crippen LogP contribution in [0.4, 0.5) is 0 Å². The summed E-state index contributed by atoms with van der Waals surface area (Å²) in [7, 11) is 0. The zero-order valence-corrected chi connectivity index (χ0v) is 9.81. The molecule has 0 aliphatic carbocycles. The maximum Gasteiger partial charge on any atom is 0.174 e. The Bertz CT molecular complexity index is 498. The molecule has 1 aromatic carbocycles. The number of rotatable bonds is 6. The molecule has 0 saturated carbocycles. The van der Waals surface area contributed by atoms with Crippen LogP contribution < -0.4 is 4.74 Å². The maximum absolute atomic E-state index is 9.83. The third kappa shape index (κ3) is 3.14. The Labute approximate surface area is 105 Å². The van der Waals surface area contributed by atoms with Crippen molar-refractivity contribution in [1.29, 1.82) is 0 Å². The van der Waals surface area contributed by atoms with Gasteiger partial charge in [-0.1, -0.05) is 24.8 Å². The predicted octanol–water partition coefficient (Wildman–Crippen LogP) is 0.756. The molecule has 1 N–H and O–H groups in total. The van der Waals surface area contributed by atoms with E-state index in [1.807, 2.05) is 30.3 Å². The molecule has 1 aromatic heterocycles. The monoisotopic (exact) mass is 246 g/mol. The molecule has 0 unspecified atom stereocenters. The summed E-state index contributed by atoms with van der Waals surface area (Å²) in [5.41, 5.74) is 0. The van der Waals surface area contributed by atoms with Crippen LogP contribution in [-0.4, -0.2) is 38.0 Å². The molecule has 0 saturated heterocycles. The molecule has 0 spiro atoms. The predicted molar refractivity (Wildman–Crippen MR) is 65.9 cm³/mol. The molecular formula is C12H14N4O2. The number of hydrogen-bond acceptors (Lipinski definition) is 5. The van der Waals surface area contributed by atoms with E-state index in [1.54, 1.807) is 0 Å². The van der Waals surface area contributed by atoms with Crippen LogP contribution in [0.5, 0.6) is 5.75 Å². The van der Waals surface area contributed by atoms with Gasteiger partial charge in [0.25, 0.3) is 0 Å². The molecule has 0 radical (unpaired) electrons. The van der Waals surface area contributed by atoms with E-state index in [2.05, 4.69) is 22.1 Å². The van der Waals surface area contributed by atoms with Crippen molar-refractivity contribution < 1.29 is 9.84 Å². The van der Waals surface area contributed by atoms with Gasteiger partial charge >= 0.3 is 0 Å². The highest BCUT2D eigenvalue weighted by atomic mass is 16.5. The molecule has 0 bridgehead atoms. The Kier molecular flexibility index (Phi) is 4.03. The molecular weight excluding hydrogens is 232 g/mol. The molecule has 0 amide bonds. The lowest BCUT2D eigenvalue weighted by molar-refractivity contribution is 0.0886. The molecule has 94 valence electrons. The van der Waals surface area contributed by atoms with E-state index in [4.69, 9.17) is 4.74 Å². The highest BCUT2D eigenvalue weighted by Gasteiger charge is 2.10. The quantitative estimate of drug-likeness (QED) is 0.814. The van der Waals surface area contributed by atoms with Crippen LogP contribution in [-0.2, 0) is 6.54 Å². The van der Waals surface area contributed by atoms with Crippen molar-refractivity contribution in [2.45, 2.75) is 12.6 Å². The van der Waals surface area contributed by atoms with E-state index >= 15 is 0 Å². The van der Waals surface area contributed by atoms with Gasteiger partial charge in [-0.25, -0.2) is 4.68 Å². The Morgan fingerprint density at radius 3 is 2.89 bits per heavy atom. The number of aromatic nitrogens is 4. The van der Waals surface area contributed by atoms with E-state index in [0.717, 1.165) is 5.75 Å². The van der Waals surface area contributed by atoms with Crippen LogP contribution in [0.15, 0.2) is 36.9 Å². The minimum absolute atomic E-state index is 0.181. The Balaban J connectivity index is 1.86. The number of aliphatic hydroxyl groups is 1. The number of nitrogens with zero attached hydrogens (tertiary/aromatic N) is 4. The van der Waals surface area contributed by atoms with Crippen LogP contribution in [0.2, 0.25) is 0 Å². The van der Waals surface area contributed by atoms with E-state index in [-0.39, 0.29) is 13.2 Å². The first-order valence-electron chi connectivity index (χ1n) is 5.54. The van der Waals surface area contributed by atoms with Gasteiger partial charge in [0, 0.05) is 0 Å². The van der Waals surface area contributed by atoms with E-state index in [9.17, 15) is 5.11 Å². The first kappa shape index (κ1) is 12.3. The van der Waals surface area contributed by atoms with Crippen molar-refractivity contribution in [2.75, 3.05) is 6.61 Å². The molecule has 6 nitrogen and oxygen atoms in total. The fourth-order valence-corrected chi connectivity index (χ4v) is 1.45. The van der Waals surface area contributed by atoms with Crippen molar-refractivity contribution in [3.05, 3.63) is 42.7 Å². The van der Waals surface area contributed by atoms with Gasteiger partial charge in [-0.05, 0) is 28.6 Å². The first-order valence-corrected chi connectivity index (χ1v) is 5.54. The van der Waals surface area contributed by atoms with Crippen LogP contribution in [0.25, 0.3) is 6.08 Å². The molecule has 6 heteroatoms. The number of para-hydroxylation sites is 1. The summed E-state index contributed by atoms with van der Waals surface area (Å²) in [6.07, 6.45) is 0.845. The average molecular weight is 246 g/mol. The van der Waals surface area contributed by atoms with Crippen molar-refractivity contribution in [1.82, 2.24) is 20.2 Å². The fourth-order valence-electron chi connectivity index (χ4n) is 1.45. The second-order valence-electron chi connectivity index (χ2n) is 3.70.